The normalized spacial score (nSPS) is 16.2. The molecular formula is C15H24N2O3S. The molecule has 6 heteroatoms. The molecule has 21 heavy (non-hydrogen) atoms. The van der Waals surface area contributed by atoms with Gasteiger partial charge in [0.2, 0.25) is 0 Å². The van der Waals surface area contributed by atoms with Crippen molar-refractivity contribution in [3.63, 3.8) is 0 Å². The molecule has 1 aliphatic rings. The summed E-state index contributed by atoms with van der Waals surface area (Å²) in [5, 5.41) is 0. The Morgan fingerprint density at radius 1 is 1.29 bits per heavy atom. The Kier molecular flexibility index (Phi) is 5.47. The molecule has 1 aromatic carbocycles. The van der Waals surface area contributed by atoms with E-state index in [0.717, 1.165) is 19.6 Å². The van der Waals surface area contributed by atoms with Gasteiger partial charge in [0, 0.05) is 6.07 Å². The van der Waals surface area contributed by atoms with E-state index in [1.54, 1.807) is 12.1 Å². The van der Waals surface area contributed by atoms with Crippen molar-refractivity contribution in [2.75, 3.05) is 37.7 Å². The number of hydrogen-bond acceptors (Lipinski definition) is 5. The summed E-state index contributed by atoms with van der Waals surface area (Å²) in [4.78, 5) is 2.50. The zero-order chi connectivity index (χ0) is 15.3. The summed E-state index contributed by atoms with van der Waals surface area (Å²) in [6, 6.07) is 4.82. The van der Waals surface area contributed by atoms with Gasteiger partial charge in [0.1, 0.15) is 5.75 Å². The number of hydrogen-bond donors (Lipinski definition) is 1. The van der Waals surface area contributed by atoms with Gasteiger partial charge in [-0.2, -0.15) is 0 Å². The molecule has 0 unspecified atom stereocenters. The van der Waals surface area contributed by atoms with Crippen molar-refractivity contribution in [1.82, 2.24) is 4.90 Å². The first kappa shape index (κ1) is 16.1. The molecule has 1 saturated heterocycles. The summed E-state index contributed by atoms with van der Waals surface area (Å²) >= 11 is 0. The van der Waals surface area contributed by atoms with Crippen LogP contribution < -0.4 is 10.5 Å². The van der Waals surface area contributed by atoms with Crippen LogP contribution in [0.2, 0.25) is 0 Å². The third-order valence-electron chi connectivity index (χ3n) is 3.72. The Labute approximate surface area is 127 Å². The van der Waals surface area contributed by atoms with Crippen LogP contribution in [0.4, 0.5) is 5.69 Å². The Bertz CT molecular complexity index is 566. The molecule has 0 amide bonds. The fourth-order valence-electron chi connectivity index (χ4n) is 2.63. The minimum absolute atomic E-state index is 0.128. The van der Waals surface area contributed by atoms with Crippen LogP contribution in [0, 0.1) is 0 Å². The molecule has 118 valence electrons. The second-order valence-electron chi connectivity index (χ2n) is 5.35. The molecule has 0 aliphatic carbocycles. The first-order valence-corrected chi connectivity index (χ1v) is 9.15. The minimum atomic E-state index is -3.36. The zero-order valence-corrected chi connectivity index (χ0v) is 13.4. The van der Waals surface area contributed by atoms with E-state index >= 15 is 0 Å². The standard InChI is InChI=1S/C15H24N2O3S/c1-2-20-13-6-7-14(16)15(12-13)21(18,19)11-5-10-17-8-3-4-9-17/h6-7,12H,2-5,8-11,16H2,1H3. The zero-order valence-electron chi connectivity index (χ0n) is 12.5. The van der Waals surface area contributed by atoms with Crippen LogP contribution in [-0.2, 0) is 9.84 Å². The highest BCUT2D eigenvalue weighted by Gasteiger charge is 2.19. The van der Waals surface area contributed by atoms with Gasteiger partial charge < -0.3 is 15.4 Å². The number of nitrogens with zero attached hydrogens (tertiary/aromatic N) is 1. The number of sulfone groups is 1. The topological polar surface area (TPSA) is 72.6 Å². The summed E-state index contributed by atoms with van der Waals surface area (Å²) in [6.07, 6.45) is 3.08. The van der Waals surface area contributed by atoms with E-state index in [1.807, 2.05) is 6.92 Å². The molecule has 0 bridgehead atoms. The highest BCUT2D eigenvalue weighted by Crippen LogP contribution is 2.25. The largest absolute Gasteiger partial charge is 0.494 e. The van der Waals surface area contributed by atoms with Gasteiger partial charge in [-0.3, -0.25) is 0 Å². The number of nitrogens with two attached hydrogens (primary N) is 1. The monoisotopic (exact) mass is 312 g/mol. The highest BCUT2D eigenvalue weighted by molar-refractivity contribution is 7.91. The van der Waals surface area contributed by atoms with Crippen molar-refractivity contribution >= 4 is 15.5 Å². The van der Waals surface area contributed by atoms with Crippen LogP contribution in [-0.4, -0.2) is 45.3 Å². The fraction of sp³-hybridized carbons (Fsp3) is 0.600. The average Bonchev–Trinajstić information content (AvgIpc) is 2.94. The van der Waals surface area contributed by atoms with E-state index < -0.39 is 9.84 Å². The molecule has 0 aromatic heterocycles. The molecule has 1 aliphatic heterocycles. The molecular weight excluding hydrogens is 288 g/mol. The molecule has 1 fully saturated rings. The molecule has 0 saturated carbocycles. The van der Waals surface area contributed by atoms with Crippen LogP contribution in [0.1, 0.15) is 26.2 Å². The maximum atomic E-state index is 12.4. The Balaban J connectivity index is 2.02. The lowest BCUT2D eigenvalue weighted by Gasteiger charge is -2.15. The van der Waals surface area contributed by atoms with Crippen LogP contribution in [0.3, 0.4) is 0 Å². The molecule has 0 atom stereocenters. The first-order valence-electron chi connectivity index (χ1n) is 7.50. The molecule has 0 spiro atoms. The van der Waals surface area contributed by atoms with Crippen molar-refractivity contribution in [2.45, 2.75) is 31.1 Å². The van der Waals surface area contributed by atoms with E-state index in [4.69, 9.17) is 10.5 Å². The molecule has 1 heterocycles. The number of benzene rings is 1. The lowest BCUT2D eigenvalue weighted by Crippen LogP contribution is -2.22. The number of ether oxygens (including phenoxy) is 1. The van der Waals surface area contributed by atoms with E-state index in [1.165, 1.54) is 18.9 Å². The van der Waals surface area contributed by atoms with Crippen LogP contribution in [0.5, 0.6) is 5.75 Å². The molecule has 0 radical (unpaired) electrons. The van der Waals surface area contributed by atoms with Crippen LogP contribution in [0.15, 0.2) is 23.1 Å². The van der Waals surface area contributed by atoms with Crippen molar-refractivity contribution in [3.05, 3.63) is 18.2 Å². The smallest absolute Gasteiger partial charge is 0.180 e. The first-order chi connectivity index (χ1) is 10.0. The highest BCUT2D eigenvalue weighted by atomic mass is 32.2. The second-order valence-corrected chi connectivity index (χ2v) is 7.43. The summed E-state index contributed by atoms with van der Waals surface area (Å²) in [7, 11) is -3.36. The lowest BCUT2D eigenvalue weighted by molar-refractivity contribution is 0.338. The van der Waals surface area contributed by atoms with E-state index in [-0.39, 0.29) is 10.6 Å². The minimum Gasteiger partial charge on any atom is -0.494 e. The van der Waals surface area contributed by atoms with Crippen LogP contribution in [0.25, 0.3) is 0 Å². The number of nitrogen functional groups attached to an aromatic ring is 1. The molecule has 2 rings (SSSR count). The van der Waals surface area contributed by atoms with Crippen LogP contribution >= 0.6 is 0 Å². The average molecular weight is 312 g/mol. The fourth-order valence-corrected chi connectivity index (χ4v) is 4.09. The third kappa shape index (κ3) is 4.35. The molecule has 5 nitrogen and oxygen atoms in total. The SMILES string of the molecule is CCOc1ccc(N)c(S(=O)(=O)CCCN2CCCC2)c1. The van der Waals surface area contributed by atoms with Crippen molar-refractivity contribution < 1.29 is 13.2 Å². The van der Waals surface area contributed by atoms with Gasteiger partial charge in [-0.25, -0.2) is 8.42 Å². The van der Waals surface area contributed by atoms with Crippen molar-refractivity contribution in [3.8, 4) is 5.75 Å². The summed E-state index contributed by atoms with van der Waals surface area (Å²) < 4.78 is 30.2. The molecule has 2 N–H and O–H groups in total. The summed E-state index contributed by atoms with van der Waals surface area (Å²) in [5.74, 6) is 0.674. The number of anilines is 1. The second kappa shape index (κ2) is 7.13. The van der Waals surface area contributed by atoms with E-state index in [2.05, 4.69) is 4.90 Å². The van der Waals surface area contributed by atoms with Gasteiger partial charge >= 0.3 is 0 Å². The molecule has 1 aromatic rings. The van der Waals surface area contributed by atoms with Gasteiger partial charge in [0.25, 0.3) is 0 Å². The lowest BCUT2D eigenvalue weighted by atomic mass is 10.3. The Morgan fingerprint density at radius 3 is 2.67 bits per heavy atom. The van der Waals surface area contributed by atoms with Crippen molar-refractivity contribution in [1.29, 1.82) is 0 Å². The number of likely N-dealkylation sites (tertiary alicyclic amines) is 1. The van der Waals surface area contributed by atoms with E-state index in [0.29, 0.717) is 24.5 Å². The predicted octanol–water partition coefficient (Wildman–Crippen LogP) is 1.93. The maximum absolute atomic E-state index is 12.4. The third-order valence-corrected chi connectivity index (χ3v) is 5.57. The summed E-state index contributed by atoms with van der Waals surface area (Å²) in [5.41, 5.74) is 6.11. The quantitative estimate of drug-likeness (QED) is 0.779. The van der Waals surface area contributed by atoms with Gasteiger partial charge in [-0.15, -0.1) is 0 Å². The number of rotatable bonds is 7. The summed E-state index contributed by atoms with van der Waals surface area (Å²) in [6.45, 7) is 5.37. The van der Waals surface area contributed by atoms with Gasteiger partial charge in [-0.05, 0) is 58.0 Å². The van der Waals surface area contributed by atoms with Gasteiger partial charge in [0.15, 0.2) is 9.84 Å². The van der Waals surface area contributed by atoms with Gasteiger partial charge in [0.05, 0.1) is 22.9 Å². The van der Waals surface area contributed by atoms with Gasteiger partial charge in [-0.1, -0.05) is 0 Å². The predicted molar refractivity (Wildman–Crippen MR) is 84.4 cm³/mol. The van der Waals surface area contributed by atoms with E-state index in [9.17, 15) is 8.42 Å². The Morgan fingerprint density at radius 2 is 2.00 bits per heavy atom. The maximum Gasteiger partial charge on any atom is 0.180 e. The van der Waals surface area contributed by atoms with Crippen molar-refractivity contribution in [2.24, 2.45) is 0 Å². The Hall–Kier alpha value is -1.27.